The Balaban J connectivity index is 2.11. The molecule has 1 heterocycles. The van der Waals surface area contributed by atoms with E-state index in [0.717, 1.165) is 0 Å². The third-order valence-corrected chi connectivity index (χ3v) is 4.97. The van der Waals surface area contributed by atoms with Crippen LogP contribution in [0.4, 0.5) is 9.18 Å². The summed E-state index contributed by atoms with van der Waals surface area (Å²) < 4.78 is 19.1. The first-order valence-electron chi connectivity index (χ1n) is 8.65. The highest BCUT2D eigenvalue weighted by Gasteiger charge is 2.27. The minimum atomic E-state index is -0.769. The number of aromatic hydroxyl groups is 1. The van der Waals surface area contributed by atoms with E-state index in [0.29, 0.717) is 15.2 Å². The molecule has 0 saturated heterocycles. The smallest absolute Gasteiger partial charge is 0.408 e. The molecule has 9 heteroatoms. The largest absolute Gasteiger partial charge is 0.505 e. The molecule has 0 unspecified atom stereocenters. The van der Waals surface area contributed by atoms with Gasteiger partial charge in [0.2, 0.25) is 5.91 Å². The number of phenolic OH excluding ortho intramolecular Hbond substituents is 1. The van der Waals surface area contributed by atoms with E-state index < -0.39 is 29.7 Å². The summed E-state index contributed by atoms with van der Waals surface area (Å²) in [6.07, 6.45) is -0.947. The topological polar surface area (TPSA) is 101 Å². The van der Waals surface area contributed by atoms with Crippen LogP contribution in [0.5, 0.6) is 5.75 Å². The fourth-order valence-corrected chi connectivity index (χ4v) is 3.39. The number of aromatic nitrogens is 1. The van der Waals surface area contributed by atoms with Crippen molar-refractivity contribution in [3.63, 3.8) is 0 Å². The Morgan fingerprint density at radius 2 is 1.85 bits per heavy atom. The summed E-state index contributed by atoms with van der Waals surface area (Å²) in [5, 5.41) is 15.4. The van der Waals surface area contributed by atoms with Crippen molar-refractivity contribution >= 4 is 33.6 Å². The first-order valence-corrected chi connectivity index (χ1v) is 9.46. The van der Waals surface area contributed by atoms with E-state index >= 15 is 0 Å². The van der Waals surface area contributed by atoms with Crippen molar-refractivity contribution in [3.05, 3.63) is 23.0 Å². The zero-order valence-corrected chi connectivity index (χ0v) is 16.7. The molecule has 0 saturated carbocycles. The number of hydrogen-bond donors (Lipinski definition) is 3. The van der Waals surface area contributed by atoms with Crippen molar-refractivity contribution < 1.29 is 23.8 Å². The number of benzene rings is 1. The maximum Gasteiger partial charge on any atom is 0.408 e. The van der Waals surface area contributed by atoms with Crippen molar-refractivity contribution in [1.82, 2.24) is 15.6 Å². The molecule has 2 aromatic rings. The van der Waals surface area contributed by atoms with Crippen LogP contribution in [0.15, 0.2) is 12.1 Å². The van der Waals surface area contributed by atoms with Gasteiger partial charge in [0.25, 0.3) is 0 Å². The van der Waals surface area contributed by atoms with E-state index in [-0.39, 0.29) is 17.9 Å². The summed E-state index contributed by atoms with van der Waals surface area (Å²) in [6, 6.07) is 1.24. The molecule has 0 aliphatic rings. The molecule has 7 nitrogen and oxygen atoms in total. The Bertz CT molecular complexity index is 798. The highest BCUT2D eigenvalue weighted by atomic mass is 32.1. The van der Waals surface area contributed by atoms with Gasteiger partial charge in [-0.2, -0.15) is 0 Å². The third-order valence-electron chi connectivity index (χ3n) is 3.77. The Hall–Kier alpha value is -2.42. The molecular weight excluding hydrogens is 373 g/mol. The van der Waals surface area contributed by atoms with Crippen LogP contribution in [0.1, 0.15) is 45.7 Å². The summed E-state index contributed by atoms with van der Waals surface area (Å²) >= 11 is 1.22. The van der Waals surface area contributed by atoms with Gasteiger partial charge in [0.1, 0.15) is 11.0 Å². The molecular formula is C18H24FN3O4S. The summed E-state index contributed by atoms with van der Waals surface area (Å²) in [4.78, 5) is 28.8. The molecule has 0 spiro atoms. The normalized spacial score (nSPS) is 13.6. The number of carbonyl (C=O) groups is 2. The molecule has 1 aromatic carbocycles. The number of carbonyl (C=O) groups excluding carboxylic acids is 2. The highest BCUT2D eigenvalue weighted by Crippen LogP contribution is 2.30. The number of thiazole rings is 1. The summed E-state index contributed by atoms with van der Waals surface area (Å²) in [5.74, 6) is -1.71. The lowest BCUT2D eigenvalue weighted by atomic mass is 10.0. The Kier molecular flexibility index (Phi) is 6.59. The minimum absolute atomic E-state index is 0.154. The monoisotopic (exact) mass is 397 g/mol. The fraction of sp³-hybridized carbons (Fsp3) is 0.500. The molecule has 2 rings (SSSR count). The Morgan fingerprint density at radius 1 is 1.19 bits per heavy atom. The number of phenols is 1. The second kappa shape index (κ2) is 8.51. The lowest BCUT2D eigenvalue weighted by Gasteiger charge is -2.23. The van der Waals surface area contributed by atoms with Crippen molar-refractivity contribution in [2.75, 3.05) is 0 Å². The van der Waals surface area contributed by atoms with Gasteiger partial charge in [-0.3, -0.25) is 4.79 Å². The summed E-state index contributed by atoms with van der Waals surface area (Å²) in [7, 11) is 0. The van der Waals surface area contributed by atoms with E-state index in [1.54, 1.807) is 20.8 Å². The maximum absolute atomic E-state index is 13.5. The van der Waals surface area contributed by atoms with Gasteiger partial charge in [0.15, 0.2) is 11.6 Å². The van der Waals surface area contributed by atoms with Crippen molar-refractivity contribution in [2.45, 2.75) is 52.8 Å². The first-order chi connectivity index (χ1) is 12.6. The van der Waals surface area contributed by atoms with E-state index in [4.69, 9.17) is 4.74 Å². The highest BCUT2D eigenvalue weighted by molar-refractivity contribution is 7.18. The average molecular weight is 397 g/mol. The molecule has 1 aromatic heterocycles. The number of halogens is 1. The van der Waals surface area contributed by atoms with Crippen molar-refractivity contribution in [2.24, 2.45) is 5.92 Å². The number of fused-ring (bicyclic) bond motifs is 1. The third kappa shape index (κ3) is 5.29. The molecule has 0 fully saturated rings. The Morgan fingerprint density at radius 3 is 2.44 bits per heavy atom. The van der Waals surface area contributed by atoms with Crippen LogP contribution in [0.3, 0.4) is 0 Å². The molecule has 3 N–H and O–H groups in total. The fourth-order valence-electron chi connectivity index (χ4n) is 2.42. The van der Waals surface area contributed by atoms with Gasteiger partial charge in [-0.25, -0.2) is 14.2 Å². The summed E-state index contributed by atoms with van der Waals surface area (Å²) in [6.45, 7) is 8.82. The van der Waals surface area contributed by atoms with Gasteiger partial charge >= 0.3 is 6.09 Å². The van der Waals surface area contributed by atoms with Crippen LogP contribution in [0.2, 0.25) is 0 Å². The molecule has 2 amide bonds. The SMILES string of the molecule is CC(C)OC(=O)N[C@H](C(=O)N[C@H](C)c1nc2cc(O)c(F)cc2s1)C(C)C. The molecule has 0 aliphatic carbocycles. The molecule has 0 radical (unpaired) electrons. The lowest BCUT2D eigenvalue weighted by molar-refractivity contribution is -0.124. The maximum atomic E-state index is 13.5. The van der Waals surface area contributed by atoms with Crippen LogP contribution < -0.4 is 10.6 Å². The molecule has 0 bridgehead atoms. The van der Waals surface area contributed by atoms with Gasteiger partial charge < -0.3 is 20.5 Å². The zero-order valence-electron chi connectivity index (χ0n) is 15.9. The first kappa shape index (κ1) is 20.9. The molecule has 2 atom stereocenters. The van der Waals surface area contributed by atoms with E-state index in [1.165, 1.54) is 23.5 Å². The number of ether oxygens (including phenoxy) is 1. The summed E-state index contributed by atoms with van der Waals surface area (Å²) in [5.41, 5.74) is 0.453. The van der Waals surface area contributed by atoms with Gasteiger partial charge in [0.05, 0.1) is 22.4 Å². The second-order valence-corrected chi connectivity index (χ2v) is 7.94. The number of hydrogen-bond acceptors (Lipinski definition) is 6. The number of alkyl carbamates (subject to hydrolysis) is 1. The number of amides is 2. The van der Waals surface area contributed by atoms with Crippen LogP contribution in [0, 0.1) is 11.7 Å². The lowest BCUT2D eigenvalue weighted by Crippen LogP contribution is -2.50. The van der Waals surface area contributed by atoms with Crippen LogP contribution >= 0.6 is 11.3 Å². The van der Waals surface area contributed by atoms with Crippen LogP contribution in [-0.2, 0) is 9.53 Å². The van der Waals surface area contributed by atoms with E-state index in [2.05, 4.69) is 15.6 Å². The predicted octanol–water partition coefficient (Wildman–Crippen LogP) is 3.48. The predicted molar refractivity (Wildman–Crippen MR) is 101 cm³/mol. The second-order valence-electron chi connectivity index (χ2n) is 6.87. The van der Waals surface area contributed by atoms with Crippen molar-refractivity contribution in [3.8, 4) is 5.75 Å². The van der Waals surface area contributed by atoms with Gasteiger partial charge in [-0.1, -0.05) is 13.8 Å². The van der Waals surface area contributed by atoms with E-state index in [1.807, 2.05) is 13.8 Å². The van der Waals surface area contributed by atoms with Crippen LogP contribution in [-0.4, -0.2) is 34.2 Å². The minimum Gasteiger partial charge on any atom is -0.505 e. The Labute approximate surface area is 160 Å². The standard InChI is InChI=1S/C18H24FN3O4S/c1-8(2)15(22-18(25)26-9(3)4)16(24)20-10(5)17-21-12-7-13(23)11(19)6-14(12)27-17/h6-10,15,23H,1-5H3,(H,20,24)(H,22,25)/t10-,15+/m1/s1. The molecule has 148 valence electrons. The average Bonchev–Trinajstić information content (AvgIpc) is 2.94. The van der Waals surface area contributed by atoms with Gasteiger partial charge in [-0.05, 0) is 32.8 Å². The molecule has 27 heavy (non-hydrogen) atoms. The molecule has 0 aliphatic heterocycles. The number of nitrogens with zero attached hydrogens (tertiary/aromatic N) is 1. The van der Waals surface area contributed by atoms with E-state index in [9.17, 15) is 19.1 Å². The quantitative estimate of drug-likeness (QED) is 0.693. The van der Waals surface area contributed by atoms with Gasteiger partial charge in [0, 0.05) is 6.07 Å². The number of rotatable bonds is 6. The van der Waals surface area contributed by atoms with Crippen LogP contribution in [0.25, 0.3) is 10.2 Å². The zero-order chi connectivity index (χ0) is 20.3. The van der Waals surface area contributed by atoms with Gasteiger partial charge in [-0.15, -0.1) is 11.3 Å². The number of nitrogens with one attached hydrogen (secondary N) is 2. The van der Waals surface area contributed by atoms with Crippen molar-refractivity contribution in [1.29, 1.82) is 0 Å².